The van der Waals surface area contributed by atoms with Crippen LogP contribution >= 0.6 is 11.3 Å². The topological polar surface area (TPSA) is 71.1 Å². The highest BCUT2D eigenvalue weighted by atomic mass is 32.1. The minimum atomic E-state index is -0.215. The Morgan fingerprint density at radius 1 is 1.32 bits per heavy atom. The molecule has 0 aliphatic heterocycles. The number of pyridine rings is 1. The van der Waals surface area contributed by atoms with Gasteiger partial charge < -0.3 is 10.6 Å². The van der Waals surface area contributed by atoms with Crippen LogP contribution in [0.5, 0.6) is 0 Å². The Morgan fingerprint density at radius 3 is 2.86 bits per heavy atom. The van der Waals surface area contributed by atoms with E-state index in [0.29, 0.717) is 5.82 Å². The fourth-order valence-electron chi connectivity index (χ4n) is 1.65. The van der Waals surface area contributed by atoms with E-state index < -0.39 is 0 Å². The molecule has 5 nitrogen and oxygen atoms in total. The van der Waals surface area contributed by atoms with Gasteiger partial charge in [0.15, 0.2) is 0 Å². The Kier molecular flexibility index (Phi) is 5.85. The van der Waals surface area contributed by atoms with Crippen molar-refractivity contribution in [2.45, 2.75) is 13.3 Å². The largest absolute Gasteiger partial charge is 0.352 e. The van der Waals surface area contributed by atoms with Crippen molar-refractivity contribution in [2.75, 3.05) is 11.9 Å². The van der Waals surface area contributed by atoms with Gasteiger partial charge in [0, 0.05) is 25.2 Å². The van der Waals surface area contributed by atoms with Crippen molar-refractivity contribution in [2.24, 2.45) is 0 Å². The number of hydrogen-bond donors (Lipinski definition) is 2. The molecule has 2 aromatic heterocycles. The molecule has 0 saturated carbocycles. The van der Waals surface area contributed by atoms with E-state index in [1.807, 2.05) is 29.8 Å². The highest BCUT2D eigenvalue weighted by Gasteiger charge is 2.04. The van der Waals surface area contributed by atoms with Crippen LogP contribution in [-0.2, 0) is 9.59 Å². The van der Waals surface area contributed by atoms with Gasteiger partial charge in [-0.3, -0.25) is 9.59 Å². The highest BCUT2D eigenvalue weighted by molar-refractivity contribution is 7.08. The lowest BCUT2D eigenvalue weighted by Gasteiger charge is -2.05. The maximum atomic E-state index is 11.7. The summed E-state index contributed by atoms with van der Waals surface area (Å²) in [5.74, 6) is 0.116. The first-order valence-electron chi connectivity index (χ1n) is 6.84. The predicted molar refractivity (Wildman–Crippen MR) is 88.6 cm³/mol. The smallest absolute Gasteiger partial charge is 0.244 e. The van der Waals surface area contributed by atoms with E-state index in [0.717, 1.165) is 11.1 Å². The molecule has 2 aromatic rings. The number of carbonyl (C=O) groups excluding carboxylic acids is 2. The van der Waals surface area contributed by atoms with Crippen LogP contribution in [0.15, 0.2) is 41.2 Å². The Bertz CT molecular complexity index is 649. The molecule has 0 bridgehead atoms. The number of nitrogens with zero attached hydrogens (tertiary/aromatic N) is 1. The summed E-state index contributed by atoms with van der Waals surface area (Å²) in [6.07, 6.45) is 5.09. The van der Waals surface area contributed by atoms with Crippen LogP contribution in [0.1, 0.15) is 17.5 Å². The molecule has 6 heteroatoms. The summed E-state index contributed by atoms with van der Waals surface area (Å²) in [5, 5.41) is 9.24. The summed E-state index contributed by atoms with van der Waals surface area (Å²) in [4.78, 5) is 27.4. The molecule has 0 radical (unpaired) electrons. The van der Waals surface area contributed by atoms with Crippen molar-refractivity contribution < 1.29 is 9.59 Å². The summed E-state index contributed by atoms with van der Waals surface area (Å²) in [6, 6.07) is 5.55. The Labute approximate surface area is 133 Å². The molecule has 22 heavy (non-hydrogen) atoms. The summed E-state index contributed by atoms with van der Waals surface area (Å²) in [5.41, 5.74) is 2.02. The van der Waals surface area contributed by atoms with E-state index in [1.54, 1.807) is 29.7 Å². The van der Waals surface area contributed by atoms with Gasteiger partial charge >= 0.3 is 0 Å². The number of nitrogens with one attached hydrogen (secondary N) is 2. The van der Waals surface area contributed by atoms with E-state index in [4.69, 9.17) is 0 Å². The Morgan fingerprint density at radius 2 is 2.18 bits per heavy atom. The monoisotopic (exact) mass is 315 g/mol. The molecule has 2 N–H and O–H groups in total. The molecular weight excluding hydrogens is 298 g/mol. The van der Waals surface area contributed by atoms with Crippen molar-refractivity contribution >= 4 is 35.0 Å². The zero-order valence-electron chi connectivity index (χ0n) is 12.2. The zero-order chi connectivity index (χ0) is 15.8. The fourth-order valence-corrected chi connectivity index (χ4v) is 2.28. The van der Waals surface area contributed by atoms with E-state index in [2.05, 4.69) is 15.6 Å². The van der Waals surface area contributed by atoms with E-state index in [-0.39, 0.29) is 24.8 Å². The lowest BCUT2D eigenvalue weighted by molar-refractivity contribution is -0.117. The number of aromatic nitrogens is 1. The molecule has 2 rings (SSSR count). The van der Waals surface area contributed by atoms with Crippen LogP contribution in [0.3, 0.4) is 0 Å². The van der Waals surface area contributed by atoms with Gasteiger partial charge in [0.05, 0.1) is 0 Å². The SMILES string of the molecule is Cc1ccc(NC(=O)CCNC(=O)/C=C\c2ccsc2)nc1. The third kappa shape index (κ3) is 5.49. The van der Waals surface area contributed by atoms with Crippen LogP contribution in [0, 0.1) is 6.92 Å². The minimum absolute atomic E-state index is 0.182. The number of aryl methyl sites for hydroxylation is 1. The van der Waals surface area contributed by atoms with E-state index >= 15 is 0 Å². The molecule has 0 saturated heterocycles. The van der Waals surface area contributed by atoms with Crippen molar-refractivity contribution in [3.63, 3.8) is 0 Å². The second-order valence-electron chi connectivity index (χ2n) is 4.70. The van der Waals surface area contributed by atoms with Gasteiger partial charge in [0.2, 0.25) is 11.8 Å². The van der Waals surface area contributed by atoms with Gasteiger partial charge in [-0.25, -0.2) is 4.98 Å². The number of amides is 2. The maximum Gasteiger partial charge on any atom is 0.244 e. The lowest BCUT2D eigenvalue weighted by atomic mass is 10.3. The average Bonchev–Trinajstić information content (AvgIpc) is 3.01. The molecule has 114 valence electrons. The molecule has 0 aliphatic carbocycles. The van der Waals surface area contributed by atoms with Gasteiger partial charge in [-0.1, -0.05) is 6.07 Å². The third-order valence-electron chi connectivity index (χ3n) is 2.80. The zero-order valence-corrected chi connectivity index (χ0v) is 13.0. The van der Waals surface area contributed by atoms with E-state index in [9.17, 15) is 9.59 Å². The van der Waals surface area contributed by atoms with Crippen molar-refractivity contribution in [1.29, 1.82) is 0 Å². The lowest BCUT2D eigenvalue weighted by Crippen LogP contribution is -2.26. The highest BCUT2D eigenvalue weighted by Crippen LogP contribution is 2.07. The maximum absolute atomic E-state index is 11.7. The number of anilines is 1. The molecule has 2 heterocycles. The molecule has 0 aliphatic rings. The summed E-state index contributed by atoms with van der Waals surface area (Å²) in [7, 11) is 0. The Hall–Kier alpha value is -2.47. The first-order chi connectivity index (χ1) is 10.6. The average molecular weight is 315 g/mol. The predicted octanol–water partition coefficient (Wildman–Crippen LogP) is 2.61. The van der Waals surface area contributed by atoms with Crippen LogP contribution < -0.4 is 10.6 Å². The first kappa shape index (κ1) is 15.9. The normalized spacial score (nSPS) is 10.6. The number of thiophene rings is 1. The standard InChI is InChI=1S/C16H17N3O2S/c1-12-2-4-14(18-10-12)19-16(21)6-8-17-15(20)5-3-13-7-9-22-11-13/h2-5,7,9-11H,6,8H2,1H3,(H,17,20)(H,18,19,21)/b5-3-. The van der Waals surface area contributed by atoms with Gasteiger partial charge in [-0.15, -0.1) is 0 Å². The van der Waals surface area contributed by atoms with Gasteiger partial charge in [-0.2, -0.15) is 11.3 Å². The molecule has 0 aromatic carbocycles. The van der Waals surface area contributed by atoms with Gasteiger partial charge in [0.25, 0.3) is 0 Å². The molecule has 0 atom stereocenters. The minimum Gasteiger partial charge on any atom is -0.352 e. The fraction of sp³-hybridized carbons (Fsp3) is 0.188. The summed E-state index contributed by atoms with van der Waals surface area (Å²) >= 11 is 1.57. The van der Waals surface area contributed by atoms with Gasteiger partial charge in [-0.05, 0) is 47.0 Å². The number of carbonyl (C=O) groups is 2. The van der Waals surface area contributed by atoms with Crippen molar-refractivity contribution in [3.8, 4) is 0 Å². The second-order valence-corrected chi connectivity index (χ2v) is 5.48. The van der Waals surface area contributed by atoms with Gasteiger partial charge in [0.1, 0.15) is 5.82 Å². The second kappa shape index (κ2) is 8.09. The first-order valence-corrected chi connectivity index (χ1v) is 7.78. The van der Waals surface area contributed by atoms with Crippen LogP contribution in [0.4, 0.5) is 5.82 Å². The third-order valence-corrected chi connectivity index (χ3v) is 3.50. The number of hydrogen-bond acceptors (Lipinski definition) is 4. The molecule has 0 fully saturated rings. The van der Waals surface area contributed by atoms with Crippen molar-refractivity contribution in [1.82, 2.24) is 10.3 Å². The summed E-state index contributed by atoms with van der Waals surface area (Å²) < 4.78 is 0. The summed E-state index contributed by atoms with van der Waals surface area (Å²) in [6.45, 7) is 2.21. The van der Waals surface area contributed by atoms with Crippen LogP contribution in [-0.4, -0.2) is 23.3 Å². The molecule has 0 unspecified atom stereocenters. The molecule has 0 spiro atoms. The van der Waals surface area contributed by atoms with Crippen LogP contribution in [0.2, 0.25) is 0 Å². The van der Waals surface area contributed by atoms with E-state index in [1.165, 1.54) is 6.08 Å². The quantitative estimate of drug-likeness (QED) is 0.805. The molecular formula is C16H17N3O2S. The Balaban J connectivity index is 1.68. The van der Waals surface area contributed by atoms with Crippen molar-refractivity contribution in [3.05, 3.63) is 52.4 Å². The number of rotatable bonds is 6. The molecule has 2 amide bonds. The van der Waals surface area contributed by atoms with Crippen LogP contribution in [0.25, 0.3) is 6.08 Å².